The first-order valence-electron chi connectivity index (χ1n) is 13.5. The zero-order valence-electron chi connectivity index (χ0n) is 23.4. The Hall–Kier alpha value is -3.74. The summed E-state index contributed by atoms with van der Waals surface area (Å²) in [6.07, 6.45) is -0.977. The number of ether oxygens (including phenoxy) is 3. The van der Waals surface area contributed by atoms with E-state index in [4.69, 9.17) is 15.2 Å². The molecule has 2 atom stereocenters. The van der Waals surface area contributed by atoms with Gasteiger partial charge in [-0.3, -0.25) is 4.79 Å². The molecule has 2 fully saturated rings. The lowest BCUT2D eigenvalue weighted by Gasteiger charge is -2.27. The number of nitrogens with one attached hydrogen (secondary N) is 1. The summed E-state index contributed by atoms with van der Waals surface area (Å²) < 4.78 is 82.9. The van der Waals surface area contributed by atoms with Gasteiger partial charge < -0.3 is 29.7 Å². The molecule has 2 aromatic heterocycles. The first-order valence-corrected chi connectivity index (χ1v) is 15.8. The second kappa shape index (κ2) is 12.7. The van der Waals surface area contributed by atoms with Crippen LogP contribution in [-0.4, -0.2) is 87.1 Å². The summed E-state index contributed by atoms with van der Waals surface area (Å²) in [6, 6.07) is 1.26. The van der Waals surface area contributed by atoms with Gasteiger partial charge in [-0.15, -0.1) is 13.2 Å². The molecule has 1 amide bonds. The minimum Gasteiger partial charge on any atom is -0.437 e. The maximum absolute atomic E-state index is 13.5. The Morgan fingerprint density at radius 3 is 2.68 bits per heavy atom. The maximum Gasteiger partial charge on any atom is 0.573 e. The van der Waals surface area contributed by atoms with Crippen molar-refractivity contribution in [1.29, 1.82) is 0 Å². The minimum atomic E-state index is -5.08. The summed E-state index contributed by atoms with van der Waals surface area (Å²) in [7, 11) is -2.89. The van der Waals surface area contributed by atoms with Gasteiger partial charge in [0.05, 0.1) is 6.20 Å². The number of nitrogen functional groups attached to an aromatic ring is 1. The van der Waals surface area contributed by atoms with Gasteiger partial charge in [0.1, 0.15) is 23.7 Å². The van der Waals surface area contributed by atoms with Crippen LogP contribution in [0.15, 0.2) is 34.8 Å². The fourth-order valence-corrected chi connectivity index (χ4v) is 7.60. The predicted molar refractivity (Wildman–Crippen MR) is 152 cm³/mol. The van der Waals surface area contributed by atoms with Crippen molar-refractivity contribution in [3.63, 3.8) is 0 Å². The molecule has 2 aliphatic rings. The van der Waals surface area contributed by atoms with E-state index in [-0.39, 0.29) is 33.9 Å². The Kier molecular flexibility index (Phi) is 9.15. The summed E-state index contributed by atoms with van der Waals surface area (Å²) in [6.45, 7) is 0.979. The lowest BCUT2D eigenvalue weighted by atomic mass is 10.00. The SMILES string of the molecule is COCOC(=O)[C@@H](Cc1cc2ccnc(N)c2cc1OC(F)(F)F)N1CC[C@H](NS(=O)(=O)c2cnc(N3CCCC3)s2)C1=O. The van der Waals surface area contributed by atoms with Gasteiger partial charge in [0.15, 0.2) is 16.1 Å². The topological polar surface area (TPSA) is 166 Å². The molecule has 13 nitrogen and oxygen atoms in total. The molecular weight excluding hydrogens is 629 g/mol. The van der Waals surface area contributed by atoms with Crippen LogP contribution in [0, 0.1) is 0 Å². The number of fused-ring (bicyclic) bond motifs is 1. The molecule has 0 saturated carbocycles. The Morgan fingerprint density at radius 1 is 1.23 bits per heavy atom. The molecule has 5 rings (SSSR count). The Morgan fingerprint density at radius 2 is 1.98 bits per heavy atom. The van der Waals surface area contributed by atoms with Crippen molar-refractivity contribution in [3.8, 4) is 5.75 Å². The first-order chi connectivity index (χ1) is 20.9. The summed E-state index contributed by atoms with van der Waals surface area (Å²) in [4.78, 5) is 37.8. The number of halogens is 3. The molecule has 0 spiro atoms. The molecule has 3 aromatic rings. The number of aromatic nitrogens is 2. The average Bonchev–Trinajstić information content (AvgIpc) is 3.73. The van der Waals surface area contributed by atoms with Crippen molar-refractivity contribution < 1.29 is 45.4 Å². The van der Waals surface area contributed by atoms with E-state index in [9.17, 15) is 31.2 Å². The quantitative estimate of drug-likeness (QED) is 0.230. The molecule has 0 aliphatic carbocycles. The predicted octanol–water partition coefficient (Wildman–Crippen LogP) is 2.41. The van der Waals surface area contributed by atoms with Crippen LogP contribution in [0.4, 0.5) is 24.1 Å². The van der Waals surface area contributed by atoms with Gasteiger partial charge in [-0.05, 0) is 48.4 Å². The van der Waals surface area contributed by atoms with Crippen LogP contribution < -0.4 is 20.1 Å². The van der Waals surface area contributed by atoms with Gasteiger partial charge in [-0.2, -0.15) is 4.72 Å². The maximum atomic E-state index is 13.5. The lowest BCUT2D eigenvalue weighted by molar-refractivity contribution is -0.274. The van der Waals surface area contributed by atoms with Crippen LogP contribution in [0.1, 0.15) is 24.8 Å². The number of hydrogen-bond acceptors (Lipinski definition) is 12. The zero-order chi connectivity index (χ0) is 31.6. The molecular formula is C26H29F3N6O7S2. The molecule has 0 unspecified atom stereocenters. The number of esters is 1. The Bertz CT molecular complexity index is 1650. The Labute approximate surface area is 254 Å². The third-order valence-electron chi connectivity index (χ3n) is 7.23. The number of methoxy groups -OCH3 is 1. The van der Waals surface area contributed by atoms with Crippen molar-refractivity contribution in [2.75, 3.05) is 44.2 Å². The summed E-state index contributed by atoms with van der Waals surface area (Å²) in [5, 5.41) is 1.17. The van der Waals surface area contributed by atoms with Crippen molar-refractivity contribution in [3.05, 3.63) is 36.2 Å². The molecule has 44 heavy (non-hydrogen) atoms. The highest BCUT2D eigenvalue weighted by atomic mass is 32.2. The molecule has 1 aromatic carbocycles. The van der Waals surface area contributed by atoms with Gasteiger partial charge in [-0.1, -0.05) is 11.3 Å². The number of thiazole rings is 1. The number of hydrogen-bond donors (Lipinski definition) is 2. The van der Waals surface area contributed by atoms with Gasteiger partial charge >= 0.3 is 12.3 Å². The number of nitrogens with two attached hydrogens (primary N) is 1. The molecule has 2 saturated heterocycles. The molecule has 2 aliphatic heterocycles. The number of benzene rings is 1. The number of amides is 1. The second-order valence-electron chi connectivity index (χ2n) is 10.2. The fraction of sp³-hybridized carbons (Fsp3) is 0.462. The molecule has 0 radical (unpaired) electrons. The number of alkyl halides is 3. The number of sulfonamides is 1. The molecule has 238 valence electrons. The normalized spacial score (nSPS) is 18.3. The van der Waals surface area contributed by atoms with E-state index in [1.807, 2.05) is 4.90 Å². The van der Waals surface area contributed by atoms with Crippen LogP contribution in [0.25, 0.3) is 10.8 Å². The van der Waals surface area contributed by atoms with Gasteiger partial charge in [0.2, 0.25) is 5.91 Å². The Balaban J connectivity index is 1.41. The minimum absolute atomic E-state index is 0.00423. The van der Waals surface area contributed by atoms with Crippen LogP contribution in [0.3, 0.4) is 0 Å². The fourth-order valence-electron chi connectivity index (χ4n) is 5.19. The van der Waals surface area contributed by atoms with E-state index < -0.39 is 59.3 Å². The highest BCUT2D eigenvalue weighted by molar-refractivity contribution is 7.91. The first kappa shape index (κ1) is 31.7. The van der Waals surface area contributed by atoms with E-state index in [0.29, 0.717) is 10.5 Å². The van der Waals surface area contributed by atoms with Crippen molar-refractivity contribution in [2.24, 2.45) is 0 Å². The number of pyridine rings is 1. The van der Waals surface area contributed by atoms with Gasteiger partial charge in [0, 0.05) is 44.7 Å². The number of carbonyl (C=O) groups excluding carboxylic acids is 2. The van der Waals surface area contributed by atoms with Crippen LogP contribution in [0.2, 0.25) is 0 Å². The number of anilines is 2. The van der Waals surface area contributed by atoms with E-state index >= 15 is 0 Å². The van der Waals surface area contributed by atoms with E-state index in [1.165, 1.54) is 31.6 Å². The summed E-state index contributed by atoms with van der Waals surface area (Å²) in [5.41, 5.74) is 5.78. The molecule has 0 bridgehead atoms. The largest absolute Gasteiger partial charge is 0.573 e. The molecule has 3 N–H and O–H groups in total. The van der Waals surface area contributed by atoms with Gasteiger partial charge in [-0.25, -0.2) is 23.2 Å². The van der Waals surface area contributed by atoms with Crippen LogP contribution >= 0.6 is 11.3 Å². The summed E-state index contributed by atoms with van der Waals surface area (Å²) >= 11 is 0.985. The third-order valence-corrected chi connectivity index (χ3v) is 10.2. The summed E-state index contributed by atoms with van der Waals surface area (Å²) in [5.74, 6) is -2.38. The average molecular weight is 659 g/mol. The van der Waals surface area contributed by atoms with E-state index in [1.54, 1.807) is 0 Å². The molecule has 18 heteroatoms. The smallest absolute Gasteiger partial charge is 0.437 e. The highest BCUT2D eigenvalue weighted by Gasteiger charge is 2.43. The van der Waals surface area contributed by atoms with Crippen LogP contribution in [-0.2, 0) is 35.5 Å². The molecule has 4 heterocycles. The van der Waals surface area contributed by atoms with Crippen molar-refractivity contribution in [2.45, 2.75) is 48.3 Å². The van der Waals surface area contributed by atoms with Gasteiger partial charge in [0.25, 0.3) is 10.0 Å². The third kappa shape index (κ3) is 6.98. The number of carbonyl (C=O) groups is 2. The van der Waals surface area contributed by atoms with Crippen molar-refractivity contribution in [1.82, 2.24) is 19.6 Å². The lowest BCUT2D eigenvalue weighted by Crippen LogP contribution is -2.48. The number of nitrogens with zero attached hydrogens (tertiary/aromatic N) is 4. The van der Waals surface area contributed by atoms with E-state index in [0.717, 1.165) is 48.2 Å². The number of rotatable bonds is 11. The zero-order valence-corrected chi connectivity index (χ0v) is 25.0. The van der Waals surface area contributed by atoms with E-state index in [2.05, 4.69) is 19.4 Å². The monoisotopic (exact) mass is 658 g/mol. The van der Waals surface area contributed by atoms with Crippen LogP contribution in [0.5, 0.6) is 5.75 Å². The van der Waals surface area contributed by atoms with Crippen molar-refractivity contribution >= 4 is 55.0 Å². The second-order valence-corrected chi connectivity index (χ2v) is 13.1. The standard InChI is InChI=1S/C26H29F3N6O7S2/c1-40-14-41-24(37)19(11-16-10-15-4-6-31-22(30)17(15)12-20(16)42-26(27,28)29)35-9-5-18(23(35)36)33-44(38,39)21-13-32-25(43-21)34-7-2-3-8-34/h4,6,10,12-13,18-19,33H,2-3,5,7-9,11,14H2,1H3,(H2,30,31)/t18-,19+/m0/s1. The highest BCUT2D eigenvalue weighted by Crippen LogP contribution is 2.35. The number of likely N-dealkylation sites (tertiary alicyclic amines) is 1.